The molecule has 1 aliphatic heterocycles. The highest BCUT2D eigenvalue weighted by molar-refractivity contribution is 5.85. The van der Waals surface area contributed by atoms with E-state index in [1.54, 1.807) is 14.1 Å². The zero-order valence-corrected chi connectivity index (χ0v) is 13.0. The van der Waals surface area contributed by atoms with Crippen LogP contribution in [0.5, 0.6) is 0 Å². The predicted octanol–water partition coefficient (Wildman–Crippen LogP) is -0.942. The number of nitrogens with one attached hydrogen (secondary N) is 3. The van der Waals surface area contributed by atoms with Crippen LogP contribution in [0.25, 0.3) is 0 Å². The van der Waals surface area contributed by atoms with Gasteiger partial charge in [-0.2, -0.15) is 0 Å². The maximum absolute atomic E-state index is 12.2. The molecular formula is C13H27N5O2. The molecule has 0 aromatic carbocycles. The van der Waals surface area contributed by atoms with Crippen molar-refractivity contribution >= 4 is 11.9 Å². The maximum Gasteiger partial charge on any atom is 0.316 e. The minimum Gasteiger partial charge on any atom is -0.353 e. The van der Waals surface area contributed by atoms with Gasteiger partial charge in [0, 0.05) is 53.4 Å². The van der Waals surface area contributed by atoms with Gasteiger partial charge in [-0.3, -0.25) is 9.69 Å². The predicted molar refractivity (Wildman–Crippen MR) is 78.6 cm³/mol. The molecule has 1 aliphatic rings. The van der Waals surface area contributed by atoms with Crippen molar-refractivity contribution in [1.29, 1.82) is 0 Å². The number of amides is 3. The Labute approximate surface area is 121 Å². The number of carbonyl (C=O) groups is 2. The first-order chi connectivity index (χ1) is 9.35. The van der Waals surface area contributed by atoms with Gasteiger partial charge in [0.1, 0.15) is 0 Å². The minimum absolute atomic E-state index is 0.00139. The van der Waals surface area contributed by atoms with Crippen LogP contribution >= 0.6 is 0 Å². The van der Waals surface area contributed by atoms with Crippen LogP contribution in [-0.2, 0) is 4.79 Å². The van der Waals surface area contributed by atoms with E-state index in [0.717, 1.165) is 26.2 Å². The van der Waals surface area contributed by atoms with Gasteiger partial charge < -0.3 is 20.9 Å². The van der Waals surface area contributed by atoms with Gasteiger partial charge in [0.25, 0.3) is 0 Å². The number of carbonyl (C=O) groups excluding carboxylic acids is 2. The molecule has 1 saturated heterocycles. The second kappa shape index (κ2) is 7.44. The molecule has 7 heteroatoms. The van der Waals surface area contributed by atoms with Crippen molar-refractivity contribution in [3.05, 3.63) is 0 Å². The van der Waals surface area contributed by atoms with E-state index in [0.29, 0.717) is 13.1 Å². The number of hydrogen-bond acceptors (Lipinski definition) is 4. The maximum atomic E-state index is 12.2. The Morgan fingerprint density at radius 3 is 2.25 bits per heavy atom. The zero-order valence-electron chi connectivity index (χ0n) is 13.0. The van der Waals surface area contributed by atoms with Crippen molar-refractivity contribution in [2.24, 2.45) is 0 Å². The van der Waals surface area contributed by atoms with Crippen molar-refractivity contribution in [3.8, 4) is 0 Å². The smallest absolute Gasteiger partial charge is 0.316 e. The van der Waals surface area contributed by atoms with E-state index >= 15 is 0 Å². The van der Waals surface area contributed by atoms with Crippen LogP contribution in [0.4, 0.5) is 4.79 Å². The molecule has 0 aliphatic carbocycles. The molecule has 1 fully saturated rings. The Hall–Kier alpha value is -1.34. The van der Waals surface area contributed by atoms with E-state index in [9.17, 15) is 9.59 Å². The molecule has 0 saturated carbocycles. The van der Waals surface area contributed by atoms with Gasteiger partial charge in [0.2, 0.25) is 5.91 Å². The lowest BCUT2D eigenvalue weighted by atomic mass is 10.0. The fraction of sp³-hybridized carbons (Fsp3) is 0.846. The van der Waals surface area contributed by atoms with Crippen LogP contribution in [0, 0.1) is 0 Å². The first-order valence-corrected chi connectivity index (χ1v) is 7.05. The second-order valence-electron chi connectivity index (χ2n) is 5.68. The fourth-order valence-corrected chi connectivity index (χ4v) is 2.09. The highest BCUT2D eigenvalue weighted by atomic mass is 16.2. The van der Waals surface area contributed by atoms with E-state index in [2.05, 4.69) is 20.9 Å². The first-order valence-electron chi connectivity index (χ1n) is 7.05. The average molecular weight is 285 g/mol. The normalized spacial score (nSPS) is 16.6. The van der Waals surface area contributed by atoms with Crippen LogP contribution in [0.15, 0.2) is 0 Å². The summed E-state index contributed by atoms with van der Waals surface area (Å²) in [5.74, 6) is -0.00139. The molecular weight excluding hydrogens is 258 g/mol. The Kier molecular flexibility index (Phi) is 6.22. The molecule has 0 aromatic heterocycles. The summed E-state index contributed by atoms with van der Waals surface area (Å²) in [6, 6.07) is -0.152. The fourth-order valence-electron chi connectivity index (χ4n) is 2.09. The Morgan fingerprint density at radius 1 is 1.15 bits per heavy atom. The molecule has 0 spiro atoms. The standard InChI is InChI=1S/C13H27N5O2/c1-13(2,18-9-7-14-8-10-18)11(19)15-5-6-16-12(20)17(3)4/h14H,5-10H2,1-4H3,(H,15,19)(H,16,20). The van der Waals surface area contributed by atoms with Crippen molar-refractivity contribution in [2.45, 2.75) is 19.4 Å². The number of urea groups is 1. The Morgan fingerprint density at radius 2 is 1.70 bits per heavy atom. The largest absolute Gasteiger partial charge is 0.353 e. The molecule has 1 heterocycles. The van der Waals surface area contributed by atoms with Crippen LogP contribution < -0.4 is 16.0 Å². The molecule has 0 radical (unpaired) electrons. The molecule has 20 heavy (non-hydrogen) atoms. The van der Waals surface area contributed by atoms with Gasteiger partial charge in [0.05, 0.1) is 5.54 Å². The summed E-state index contributed by atoms with van der Waals surface area (Å²) in [6.45, 7) is 8.31. The summed E-state index contributed by atoms with van der Waals surface area (Å²) >= 11 is 0. The lowest BCUT2D eigenvalue weighted by Gasteiger charge is -2.39. The first kappa shape index (κ1) is 16.7. The average Bonchev–Trinajstić information content (AvgIpc) is 2.43. The summed E-state index contributed by atoms with van der Waals surface area (Å²) in [6.07, 6.45) is 0. The third-order valence-electron chi connectivity index (χ3n) is 3.56. The zero-order chi connectivity index (χ0) is 15.2. The van der Waals surface area contributed by atoms with Crippen LogP contribution in [0.1, 0.15) is 13.8 Å². The Bertz CT molecular complexity index is 338. The van der Waals surface area contributed by atoms with E-state index < -0.39 is 5.54 Å². The van der Waals surface area contributed by atoms with E-state index in [1.807, 2.05) is 13.8 Å². The number of nitrogens with zero attached hydrogens (tertiary/aromatic N) is 2. The van der Waals surface area contributed by atoms with Crippen molar-refractivity contribution < 1.29 is 9.59 Å². The highest BCUT2D eigenvalue weighted by Gasteiger charge is 2.34. The van der Waals surface area contributed by atoms with Gasteiger partial charge in [-0.25, -0.2) is 4.79 Å². The lowest BCUT2D eigenvalue weighted by molar-refractivity contribution is -0.132. The number of rotatable bonds is 5. The molecule has 3 N–H and O–H groups in total. The molecule has 0 unspecified atom stereocenters. The third kappa shape index (κ3) is 4.64. The molecule has 1 rings (SSSR count). The number of piperazine rings is 1. The summed E-state index contributed by atoms with van der Waals surface area (Å²) in [7, 11) is 3.36. The van der Waals surface area contributed by atoms with Crippen LogP contribution in [0.3, 0.4) is 0 Å². The van der Waals surface area contributed by atoms with Gasteiger partial charge in [-0.1, -0.05) is 0 Å². The van der Waals surface area contributed by atoms with Gasteiger partial charge >= 0.3 is 6.03 Å². The Balaban J connectivity index is 2.32. The molecule has 0 atom stereocenters. The van der Waals surface area contributed by atoms with Crippen molar-refractivity contribution in [3.63, 3.8) is 0 Å². The lowest BCUT2D eigenvalue weighted by Crippen LogP contribution is -2.60. The molecule has 0 aromatic rings. The SMILES string of the molecule is CN(C)C(=O)NCCNC(=O)C(C)(C)N1CCNCC1. The van der Waals surface area contributed by atoms with Gasteiger partial charge in [-0.15, -0.1) is 0 Å². The minimum atomic E-state index is -0.520. The molecule has 3 amide bonds. The molecule has 7 nitrogen and oxygen atoms in total. The van der Waals surface area contributed by atoms with Crippen molar-refractivity contribution in [1.82, 2.24) is 25.8 Å². The van der Waals surface area contributed by atoms with Gasteiger partial charge in [-0.05, 0) is 13.8 Å². The van der Waals surface area contributed by atoms with E-state index in [4.69, 9.17) is 0 Å². The molecule has 116 valence electrons. The van der Waals surface area contributed by atoms with Gasteiger partial charge in [0.15, 0.2) is 0 Å². The highest BCUT2D eigenvalue weighted by Crippen LogP contribution is 2.14. The summed E-state index contributed by atoms with van der Waals surface area (Å²) in [5, 5.41) is 8.87. The quantitative estimate of drug-likeness (QED) is 0.570. The molecule has 0 bridgehead atoms. The summed E-state index contributed by atoms with van der Waals surface area (Å²) < 4.78 is 0. The van der Waals surface area contributed by atoms with E-state index in [1.165, 1.54) is 4.90 Å². The topological polar surface area (TPSA) is 76.7 Å². The van der Waals surface area contributed by atoms with Crippen LogP contribution in [-0.4, -0.2) is 80.6 Å². The summed E-state index contributed by atoms with van der Waals surface area (Å²) in [4.78, 5) is 27.2. The van der Waals surface area contributed by atoms with Crippen molar-refractivity contribution in [2.75, 3.05) is 53.4 Å². The second-order valence-corrected chi connectivity index (χ2v) is 5.68. The van der Waals surface area contributed by atoms with Crippen LogP contribution in [0.2, 0.25) is 0 Å². The monoisotopic (exact) mass is 285 g/mol. The third-order valence-corrected chi connectivity index (χ3v) is 3.56. The summed E-state index contributed by atoms with van der Waals surface area (Å²) in [5.41, 5.74) is -0.520. The number of hydrogen-bond donors (Lipinski definition) is 3. The van der Waals surface area contributed by atoms with E-state index in [-0.39, 0.29) is 11.9 Å².